The maximum Gasteiger partial charge on any atom is 0.214 e. The van der Waals surface area contributed by atoms with Crippen molar-refractivity contribution in [1.82, 2.24) is 9.29 Å². The Morgan fingerprint density at radius 1 is 1.30 bits per heavy atom. The van der Waals surface area contributed by atoms with Crippen LogP contribution in [0.15, 0.2) is 18.3 Å². The monoisotopic (exact) mass is 298 g/mol. The van der Waals surface area contributed by atoms with Gasteiger partial charge in [-0.1, -0.05) is 13.3 Å². The number of rotatable bonds is 5. The lowest BCUT2D eigenvalue weighted by molar-refractivity contribution is 0.383. The lowest BCUT2D eigenvalue weighted by Crippen LogP contribution is -2.49. The predicted octanol–water partition coefficient (Wildman–Crippen LogP) is 0.916. The number of hydrogen-bond acceptors (Lipinski definition) is 5. The molecule has 1 fully saturated rings. The van der Waals surface area contributed by atoms with Crippen LogP contribution in [0.1, 0.15) is 19.8 Å². The molecule has 0 unspecified atom stereocenters. The van der Waals surface area contributed by atoms with Crippen molar-refractivity contribution in [2.24, 2.45) is 0 Å². The Labute approximate surface area is 120 Å². The molecule has 1 aliphatic heterocycles. The van der Waals surface area contributed by atoms with Gasteiger partial charge in [0, 0.05) is 32.4 Å². The lowest BCUT2D eigenvalue weighted by Gasteiger charge is -2.35. The third-order valence-corrected chi connectivity index (χ3v) is 5.46. The molecule has 0 bridgehead atoms. The Morgan fingerprint density at radius 2 is 2.00 bits per heavy atom. The van der Waals surface area contributed by atoms with Gasteiger partial charge in [-0.15, -0.1) is 0 Å². The van der Waals surface area contributed by atoms with Gasteiger partial charge in [0.15, 0.2) is 5.82 Å². The van der Waals surface area contributed by atoms with Crippen LogP contribution in [0.3, 0.4) is 0 Å². The maximum absolute atomic E-state index is 12.1. The first-order chi connectivity index (χ1) is 9.54. The molecule has 1 aromatic rings. The fourth-order valence-electron chi connectivity index (χ4n) is 2.31. The third kappa shape index (κ3) is 3.40. The first-order valence-corrected chi connectivity index (χ1v) is 8.59. The number of hydrogen-bond donors (Lipinski definition) is 1. The van der Waals surface area contributed by atoms with E-state index in [9.17, 15) is 8.42 Å². The molecular weight excluding hydrogens is 276 g/mol. The van der Waals surface area contributed by atoms with Gasteiger partial charge in [-0.2, -0.15) is 4.31 Å². The summed E-state index contributed by atoms with van der Waals surface area (Å²) in [7, 11) is -3.11. The van der Waals surface area contributed by atoms with Gasteiger partial charge in [0.05, 0.1) is 11.4 Å². The predicted molar refractivity (Wildman–Crippen MR) is 81.1 cm³/mol. The largest absolute Gasteiger partial charge is 0.396 e. The summed E-state index contributed by atoms with van der Waals surface area (Å²) in [6.07, 6.45) is 3.31. The van der Waals surface area contributed by atoms with E-state index >= 15 is 0 Å². The van der Waals surface area contributed by atoms with Crippen LogP contribution < -0.4 is 10.6 Å². The van der Waals surface area contributed by atoms with Gasteiger partial charge >= 0.3 is 0 Å². The lowest BCUT2D eigenvalue weighted by atomic mass is 10.3. The molecule has 1 aromatic heterocycles. The molecule has 20 heavy (non-hydrogen) atoms. The molecule has 0 aliphatic carbocycles. The molecule has 0 aromatic carbocycles. The smallest absolute Gasteiger partial charge is 0.214 e. The van der Waals surface area contributed by atoms with Crippen molar-refractivity contribution in [3.05, 3.63) is 18.3 Å². The van der Waals surface area contributed by atoms with E-state index in [2.05, 4.69) is 4.98 Å². The second kappa shape index (κ2) is 6.41. The van der Waals surface area contributed by atoms with Crippen LogP contribution in [0.4, 0.5) is 11.5 Å². The number of nitrogens with zero attached hydrogens (tertiary/aromatic N) is 3. The zero-order valence-corrected chi connectivity index (χ0v) is 12.6. The number of pyridine rings is 1. The summed E-state index contributed by atoms with van der Waals surface area (Å²) in [6.45, 7) is 4.26. The fourth-order valence-corrected chi connectivity index (χ4v) is 3.94. The van der Waals surface area contributed by atoms with E-state index < -0.39 is 10.0 Å². The Bertz CT molecular complexity index is 539. The zero-order chi connectivity index (χ0) is 14.6. The maximum atomic E-state index is 12.1. The third-order valence-electron chi connectivity index (χ3n) is 3.50. The SMILES string of the molecule is CCCCS(=O)(=O)N1CCN(c2ncccc2N)CC1. The number of sulfonamides is 1. The first-order valence-electron chi connectivity index (χ1n) is 6.98. The van der Waals surface area contributed by atoms with Gasteiger partial charge in [-0.25, -0.2) is 13.4 Å². The molecule has 0 spiro atoms. The highest BCUT2D eigenvalue weighted by Crippen LogP contribution is 2.21. The highest BCUT2D eigenvalue weighted by Gasteiger charge is 2.27. The molecule has 0 amide bonds. The number of aromatic nitrogens is 1. The minimum atomic E-state index is -3.11. The minimum Gasteiger partial charge on any atom is -0.396 e. The summed E-state index contributed by atoms with van der Waals surface area (Å²) < 4.78 is 25.8. The van der Waals surface area contributed by atoms with Crippen molar-refractivity contribution in [2.45, 2.75) is 19.8 Å². The summed E-state index contributed by atoms with van der Waals surface area (Å²) in [5.41, 5.74) is 6.54. The molecule has 2 N–H and O–H groups in total. The number of nitrogens with two attached hydrogens (primary N) is 1. The quantitative estimate of drug-likeness (QED) is 0.874. The van der Waals surface area contributed by atoms with Crippen molar-refractivity contribution < 1.29 is 8.42 Å². The normalized spacial score (nSPS) is 17.4. The summed E-state index contributed by atoms with van der Waals surface area (Å²) in [4.78, 5) is 6.31. The molecule has 1 saturated heterocycles. The molecule has 1 aliphatic rings. The Kier molecular flexibility index (Phi) is 4.82. The van der Waals surface area contributed by atoms with Crippen molar-refractivity contribution >= 4 is 21.5 Å². The van der Waals surface area contributed by atoms with Crippen LogP contribution in [0, 0.1) is 0 Å². The first kappa shape index (κ1) is 15.1. The number of nitrogen functional groups attached to an aromatic ring is 1. The average Bonchev–Trinajstić information content (AvgIpc) is 2.46. The van der Waals surface area contributed by atoms with Crippen LogP contribution in [0.25, 0.3) is 0 Å². The van der Waals surface area contributed by atoms with E-state index in [0.29, 0.717) is 31.9 Å². The Hall–Kier alpha value is -1.34. The van der Waals surface area contributed by atoms with Crippen LogP contribution in [-0.2, 0) is 10.0 Å². The van der Waals surface area contributed by atoms with E-state index in [0.717, 1.165) is 18.7 Å². The van der Waals surface area contributed by atoms with Gasteiger partial charge in [0.1, 0.15) is 0 Å². The van der Waals surface area contributed by atoms with Crippen LogP contribution in [-0.4, -0.2) is 49.6 Å². The summed E-state index contributed by atoms with van der Waals surface area (Å²) >= 11 is 0. The Balaban J connectivity index is 1.98. The second-order valence-electron chi connectivity index (χ2n) is 4.97. The van der Waals surface area contributed by atoms with Crippen LogP contribution in [0.5, 0.6) is 0 Å². The average molecular weight is 298 g/mol. The van der Waals surface area contributed by atoms with E-state index in [1.54, 1.807) is 16.6 Å². The molecule has 0 atom stereocenters. The van der Waals surface area contributed by atoms with Crippen LogP contribution in [0.2, 0.25) is 0 Å². The molecule has 2 heterocycles. The summed E-state index contributed by atoms with van der Waals surface area (Å²) in [5.74, 6) is 0.994. The highest BCUT2D eigenvalue weighted by atomic mass is 32.2. The van der Waals surface area contributed by atoms with Gasteiger partial charge in [0.2, 0.25) is 10.0 Å². The van der Waals surface area contributed by atoms with E-state index in [1.807, 2.05) is 17.9 Å². The molecule has 112 valence electrons. The second-order valence-corrected chi connectivity index (χ2v) is 7.06. The number of anilines is 2. The molecule has 7 heteroatoms. The van der Waals surface area contributed by atoms with Crippen molar-refractivity contribution in [3.63, 3.8) is 0 Å². The van der Waals surface area contributed by atoms with Crippen molar-refractivity contribution in [2.75, 3.05) is 42.6 Å². The van der Waals surface area contributed by atoms with E-state index in [-0.39, 0.29) is 5.75 Å². The standard InChI is InChI=1S/C13H22N4O2S/c1-2-3-11-20(18,19)17-9-7-16(8-10-17)13-12(14)5-4-6-15-13/h4-6H,2-3,7-11,14H2,1H3. The topological polar surface area (TPSA) is 79.5 Å². The Morgan fingerprint density at radius 3 is 2.60 bits per heavy atom. The van der Waals surface area contributed by atoms with Gasteiger partial charge in [0.25, 0.3) is 0 Å². The molecular formula is C13H22N4O2S. The van der Waals surface area contributed by atoms with Crippen molar-refractivity contribution in [1.29, 1.82) is 0 Å². The minimum absolute atomic E-state index is 0.245. The van der Waals surface area contributed by atoms with Crippen molar-refractivity contribution in [3.8, 4) is 0 Å². The zero-order valence-electron chi connectivity index (χ0n) is 11.8. The molecule has 0 saturated carbocycles. The highest BCUT2D eigenvalue weighted by molar-refractivity contribution is 7.89. The van der Waals surface area contributed by atoms with Gasteiger partial charge in [-0.3, -0.25) is 0 Å². The summed E-state index contributed by atoms with van der Waals surface area (Å²) in [5, 5.41) is 0. The number of piperazine rings is 1. The summed E-state index contributed by atoms with van der Waals surface area (Å²) in [6, 6.07) is 3.61. The molecule has 6 nitrogen and oxygen atoms in total. The van der Waals surface area contributed by atoms with Gasteiger partial charge in [-0.05, 0) is 18.6 Å². The number of unbranched alkanes of at least 4 members (excludes halogenated alkanes) is 1. The van der Waals surface area contributed by atoms with Crippen LogP contribution >= 0.6 is 0 Å². The fraction of sp³-hybridized carbons (Fsp3) is 0.615. The van der Waals surface area contributed by atoms with Gasteiger partial charge < -0.3 is 10.6 Å². The molecule has 2 rings (SSSR count). The van der Waals surface area contributed by atoms with E-state index in [4.69, 9.17) is 5.73 Å². The van der Waals surface area contributed by atoms with E-state index in [1.165, 1.54) is 0 Å². The molecule has 0 radical (unpaired) electrons.